The van der Waals surface area contributed by atoms with E-state index in [1.807, 2.05) is 19.0 Å². The largest absolute Gasteiger partial charge is 0.453 e. The summed E-state index contributed by atoms with van der Waals surface area (Å²) in [4.78, 5) is 15.4. The summed E-state index contributed by atoms with van der Waals surface area (Å²) in [6, 6.07) is 2.91. The number of hydrogen-bond donors (Lipinski definition) is 0. The fourth-order valence-electron chi connectivity index (χ4n) is 2.76. The van der Waals surface area contributed by atoms with Gasteiger partial charge in [0.05, 0.1) is 18.2 Å². The number of hydrogen-bond acceptors (Lipinski definition) is 3. The van der Waals surface area contributed by atoms with Crippen LogP contribution in [0.5, 0.6) is 0 Å². The monoisotopic (exact) mass is 348 g/mol. The van der Waals surface area contributed by atoms with Crippen LogP contribution in [0, 0.1) is 5.82 Å². The molecule has 2 rings (SSSR count). The number of ether oxygens (including phenoxy) is 1. The molecule has 8 heteroatoms. The minimum Gasteiger partial charge on any atom is -0.453 e. The van der Waals surface area contributed by atoms with Gasteiger partial charge in [-0.25, -0.2) is 9.18 Å². The maximum Gasteiger partial charge on any atom is 0.419 e. The number of halogens is 4. The summed E-state index contributed by atoms with van der Waals surface area (Å²) in [5.74, 6) is -1.32. The van der Waals surface area contributed by atoms with E-state index in [-0.39, 0.29) is 5.56 Å². The summed E-state index contributed by atoms with van der Waals surface area (Å²) >= 11 is 0. The Morgan fingerprint density at radius 1 is 1.25 bits per heavy atom. The third-order valence-corrected chi connectivity index (χ3v) is 4.22. The molecule has 1 aromatic carbocycles. The molecule has 1 saturated carbocycles. The van der Waals surface area contributed by atoms with Crippen LogP contribution in [0.4, 0.5) is 22.4 Å². The zero-order valence-electron chi connectivity index (χ0n) is 13.8. The Kier molecular flexibility index (Phi) is 5.08. The standard InChI is InChI=1S/C16H20F4N2O2/c1-21(2)8-9-22(14(23)24-3)15(6-7-15)11-4-5-13(17)12(10-11)16(18,19)20/h4-5,10H,6-9H2,1-3H3. The van der Waals surface area contributed by atoms with Gasteiger partial charge in [0, 0.05) is 13.1 Å². The lowest BCUT2D eigenvalue weighted by molar-refractivity contribution is -0.140. The number of carbonyl (C=O) groups is 1. The lowest BCUT2D eigenvalue weighted by atomic mass is 9.99. The van der Waals surface area contributed by atoms with Crippen LogP contribution in [0.15, 0.2) is 18.2 Å². The van der Waals surface area contributed by atoms with Gasteiger partial charge in [0.2, 0.25) is 0 Å². The molecule has 4 nitrogen and oxygen atoms in total. The van der Waals surface area contributed by atoms with Crippen molar-refractivity contribution >= 4 is 6.09 Å². The fraction of sp³-hybridized carbons (Fsp3) is 0.562. The summed E-state index contributed by atoms with van der Waals surface area (Å²) in [7, 11) is 4.89. The number of methoxy groups -OCH3 is 1. The van der Waals surface area contributed by atoms with Crippen LogP contribution < -0.4 is 0 Å². The molecular formula is C16H20F4N2O2. The summed E-state index contributed by atoms with van der Waals surface area (Å²) in [5.41, 5.74) is -1.90. The van der Waals surface area contributed by atoms with Crippen molar-refractivity contribution in [1.82, 2.24) is 9.80 Å². The van der Waals surface area contributed by atoms with Gasteiger partial charge in [-0.15, -0.1) is 0 Å². The number of rotatable bonds is 5. The van der Waals surface area contributed by atoms with E-state index >= 15 is 0 Å². The van der Waals surface area contributed by atoms with Gasteiger partial charge in [-0.3, -0.25) is 4.90 Å². The Morgan fingerprint density at radius 3 is 2.33 bits per heavy atom. The molecule has 0 aromatic heterocycles. The lowest BCUT2D eigenvalue weighted by Crippen LogP contribution is -2.44. The SMILES string of the molecule is COC(=O)N(CCN(C)C)C1(c2ccc(F)c(C(F)(F)F)c2)CC1. The smallest absolute Gasteiger partial charge is 0.419 e. The number of alkyl halides is 3. The zero-order valence-corrected chi connectivity index (χ0v) is 13.8. The predicted molar refractivity (Wildman–Crippen MR) is 80.0 cm³/mol. The Hall–Kier alpha value is -1.83. The fourth-order valence-corrected chi connectivity index (χ4v) is 2.76. The van der Waals surface area contributed by atoms with Crippen molar-refractivity contribution < 1.29 is 27.1 Å². The first-order valence-corrected chi connectivity index (χ1v) is 7.49. The Morgan fingerprint density at radius 2 is 1.88 bits per heavy atom. The second-order valence-electron chi connectivity index (χ2n) is 6.15. The van der Waals surface area contributed by atoms with Crippen LogP contribution in [-0.2, 0) is 16.5 Å². The second-order valence-corrected chi connectivity index (χ2v) is 6.15. The van der Waals surface area contributed by atoms with Crippen LogP contribution in [0.25, 0.3) is 0 Å². The highest BCUT2D eigenvalue weighted by Crippen LogP contribution is 2.52. The van der Waals surface area contributed by atoms with Gasteiger partial charge in [0.15, 0.2) is 0 Å². The molecule has 0 atom stereocenters. The van der Waals surface area contributed by atoms with E-state index in [0.29, 0.717) is 25.9 Å². The summed E-state index contributed by atoms with van der Waals surface area (Å²) in [5, 5.41) is 0. The first kappa shape index (κ1) is 18.5. The first-order valence-electron chi connectivity index (χ1n) is 7.49. The Labute approximate surface area is 138 Å². The van der Waals surface area contributed by atoms with Gasteiger partial charge < -0.3 is 9.64 Å². The third kappa shape index (κ3) is 3.63. The van der Waals surface area contributed by atoms with Gasteiger partial charge in [-0.05, 0) is 44.6 Å². The molecule has 24 heavy (non-hydrogen) atoms. The third-order valence-electron chi connectivity index (χ3n) is 4.22. The van der Waals surface area contributed by atoms with Gasteiger partial charge in [-0.1, -0.05) is 6.07 Å². The minimum atomic E-state index is -4.78. The highest BCUT2D eigenvalue weighted by atomic mass is 19.4. The van der Waals surface area contributed by atoms with Crippen LogP contribution in [0.2, 0.25) is 0 Å². The van der Waals surface area contributed by atoms with E-state index in [2.05, 4.69) is 0 Å². The van der Waals surface area contributed by atoms with Crippen LogP contribution >= 0.6 is 0 Å². The molecule has 0 bridgehead atoms. The van der Waals surface area contributed by atoms with Crippen LogP contribution in [0.3, 0.4) is 0 Å². The van der Waals surface area contributed by atoms with E-state index in [1.54, 1.807) is 0 Å². The van der Waals surface area contributed by atoms with Crippen molar-refractivity contribution in [3.63, 3.8) is 0 Å². The maximum atomic E-state index is 13.5. The first-order chi connectivity index (χ1) is 11.1. The van der Waals surface area contributed by atoms with E-state index in [0.717, 1.165) is 12.1 Å². The normalized spacial score (nSPS) is 16.2. The summed E-state index contributed by atoms with van der Waals surface area (Å²) in [6.45, 7) is 0.836. The van der Waals surface area contributed by atoms with Gasteiger partial charge >= 0.3 is 12.3 Å². The minimum absolute atomic E-state index is 0.278. The lowest BCUT2D eigenvalue weighted by Gasteiger charge is -2.32. The highest BCUT2D eigenvalue weighted by molar-refractivity contribution is 5.70. The number of amides is 1. The van der Waals surface area contributed by atoms with Crippen molar-refractivity contribution in [3.05, 3.63) is 35.1 Å². The topological polar surface area (TPSA) is 32.8 Å². The second kappa shape index (κ2) is 6.58. The van der Waals surface area contributed by atoms with E-state index in [9.17, 15) is 22.4 Å². The van der Waals surface area contributed by atoms with Crippen molar-refractivity contribution in [2.75, 3.05) is 34.3 Å². The molecule has 1 aliphatic rings. The van der Waals surface area contributed by atoms with E-state index in [1.165, 1.54) is 18.1 Å². The van der Waals surface area contributed by atoms with E-state index < -0.39 is 29.2 Å². The van der Waals surface area contributed by atoms with E-state index in [4.69, 9.17) is 4.74 Å². The molecule has 1 amide bonds. The molecule has 1 aromatic rings. The van der Waals surface area contributed by atoms with Crippen LogP contribution in [-0.4, -0.2) is 50.2 Å². The Balaban J connectivity index is 2.39. The number of likely N-dealkylation sites (N-methyl/N-ethyl adjacent to an activating group) is 1. The highest BCUT2D eigenvalue weighted by Gasteiger charge is 2.52. The molecule has 1 fully saturated rings. The number of carbonyl (C=O) groups excluding carboxylic acids is 1. The average Bonchev–Trinajstić information content (AvgIpc) is 3.27. The van der Waals surface area contributed by atoms with Gasteiger partial charge in [0.25, 0.3) is 0 Å². The predicted octanol–water partition coefficient (Wildman–Crippen LogP) is 3.46. The van der Waals surface area contributed by atoms with Crippen molar-refractivity contribution in [1.29, 1.82) is 0 Å². The summed E-state index contributed by atoms with van der Waals surface area (Å²) < 4.78 is 57.2. The van der Waals surface area contributed by atoms with Crippen molar-refractivity contribution in [2.24, 2.45) is 0 Å². The molecule has 0 saturated heterocycles. The summed E-state index contributed by atoms with van der Waals surface area (Å²) in [6.07, 6.45) is -4.36. The van der Waals surface area contributed by atoms with Crippen molar-refractivity contribution in [2.45, 2.75) is 24.6 Å². The zero-order chi connectivity index (χ0) is 18.1. The van der Waals surface area contributed by atoms with Crippen molar-refractivity contribution in [3.8, 4) is 0 Å². The molecule has 1 aliphatic carbocycles. The molecule has 134 valence electrons. The molecule has 0 aliphatic heterocycles. The molecule has 0 N–H and O–H groups in total. The Bertz CT molecular complexity index is 613. The van der Waals surface area contributed by atoms with Gasteiger partial charge in [-0.2, -0.15) is 13.2 Å². The molecule has 0 spiro atoms. The molecule has 0 radical (unpaired) electrons. The van der Waals surface area contributed by atoms with Gasteiger partial charge in [0.1, 0.15) is 5.82 Å². The average molecular weight is 348 g/mol. The van der Waals surface area contributed by atoms with Crippen LogP contribution in [0.1, 0.15) is 24.0 Å². The molecule has 0 heterocycles. The molecular weight excluding hydrogens is 328 g/mol. The number of benzene rings is 1. The quantitative estimate of drug-likeness (QED) is 0.764. The number of nitrogens with zero attached hydrogens (tertiary/aromatic N) is 2. The maximum absolute atomic E-state index is 13.5. The molecule has 0 unspecified atom stereocenters.